The fraction of sp³-hybridized carbons (Fsp3) is 0.190. The van der Waals surface area contributed by atoms with Gasteiger partial charge in [0.15, 0.2) is 5.78 Å². The molecular weight excluding hydrogens is 388 g/mol. The fourth-order valence-electron chi connectivity index (χ4n) is 2.88. The summed E-state index contributed by atoms with van der Waals surface area (Å²) >= 11 is 3.29. The smallest absolute Gasteiger partial charge is 0.170 e. The van der Waals surface area contributed by atoms with Crippen LogP contribution in [0.1, 0.15) is 37.5 Å². The molecule has 0 aliphatic carbocycles. The van der Waals surface area contributed by atoms with Crippen molar-refractivity contribution in [2.24, 2.45) is 0 Å². The molecule has 0 saturated carbocycles. The van der Waals surface area contributed by atoms with E-state index in [0.717, 1.165) is 37.7 Å². The molecule has 7 heteroatoms. The SMILES string of the molecule is Cc1nc(C)c(-c2csc(Cc3ccc(C(=O)Cc4ccccn4)cn3)n2)s1. The molecule has 0 atom stereocenters. The maximum Gasteiger partial charge on any atom is 0.170 e. The van der Waals surface area contributed by atoms with Crippen LogP contribution in [0.5, 0.6) is 0 Å². The van der Waals surface area contributed by atoms with E-state index >= 15 is 0 Å². The van der Waals surface area contributed by atoms with Crippen LogP contribution in [0.3, 0.4) is 0 Å². The molecule has 0 aliphatic heterocycles. The normalized spacial score (nSPS) is 10.9. The number of pyridine rings is 2. The van der Waals surface area contributed by atoms with Crippen molar-refractivity contribution in [1.82, 2.24) is 19.9 Å². The Bertz CT molecular complexity index is 1100. The van der Waals surface area contributed by atoms with Crippen molar-refractivity contribution in [3.05, 3.63) is 80.8 Å². The molecule has 0 aromatic carbocycles. The number of aryl methyl sites for hydroxylation is 2. The second kappa shape index (κ2) is 8.08. The average Bonchev–Trinajstić information content (AvgIpc) is 3.28. The van der Waals surface area contributed by atoms with E-state index in [1.165, 1.54) is 0 Å². The molecule has 0 fully saturated rings. The van der Waals surface area contributed by atoms with Gasteiger partial charge in [0.1, 0.15) is 0 Å². The van der Waals surface area contributed by atoms with E-state index in [-0.39, 0.29) is 12.2 Å². The number of hydrogen-bond donors (Lipinski definition) is 0. The second-order valence-electron chi connectivity index (χ2n) is 6.41. The highest BCUT2D eigenvalue weighted by molar-refractivity contribution is 7.15. The lowest BCUT2D eigenvalue weighted by Crippen LogP contribution is -2.06. The van der Waals surface area contributed by atoms with Gasteiger partial charge < -0.3 is 0 Å². The average molecular weight is 407 g/mol. The summed E-state index contributed by atoms with van der Waals surface area (Å²) in [6, 6.07) is 9.31. The summed E-state index contributed by atoms with van der Waals surface area (Å²) in [6.07, 6.45) is 4.27. The summed E-state index contributed by atoms with van der Waals surface area (Å²) in [6.45, 7) is 4.02. The first kappa shape index (κ1) is 18.6. The highest BCUT2D eigenvalue weighted by Crippen LogP contribution is 2.31. The topological polar surface area (TPSA) is 68.6 Å². The molecule has 0 bridgehead atoms. The Kier molecular flexibility index (Phi) is 5.36. The number of carbonyl (C=O) groups excluding carboxylic acids is 1. The highest BCUT2D eigenvalue weighted by Gasteiger charge is 2.13. The molecule has 4 rings (SSSR count). The molecule has 5 nitrogen and oxygen atoms in total. The fourth-order valence-corrected chi connectivity index (χ4v) is 4.64. The zero-order valence-corrected chi connectivity index (χ0v) is 17.2. The highest BCUT2D eigenvalue weighted by atomic mass is 32.1. The molecule has 28 heavy (non-hydrogen) atoms. The van der Waals surface area contributed by atoms with Crippen LogP contribution >= 0.6 is 22.7 Å². The molecule has 4 aromatic heterocycles. The summed E-state index contributed by atoms with van der Waals surface area (Å²) in [5.74, 6) is 0.0188. The summed E-state index contributed by atoms with van der Waals surface area (Å²) in [5, 5.41) is 4.12. The zero-order chi connectivity index (χ0) is 19.5. The van der Waals surface area contributed by atoms with E-state index in [4.69, 9.17) is 4.98 Å². The zero-order valence-electron chi connectivity index (χ0n) is 15.5. The van der Waals surface area contributed by atoms with E-state index in [1.54, 1.807) is 35.1 Å². The number of hydrogen-bond acceptors (Lipinski definition) is 7. The first-order valence-corrected chi connectivity index (χ1v) is 10.5. The molecular formula is C21H18N4OS2. The summed E-state index contributed by atoms with van der Waals surface area (Å²) < 4.78 is 0. The van der Waals surface area contributed by atoms with Gasteiger partial charge >= 0.3 is 0 Å². The molecule has 140 valence electrons. The Hall–Kier alpha value is -2.77. The van der Waals surface area contributed by atoms with Crippen LogP contribution in [-0.2, 0) is 12.8 Å². The van der Waals surface area contributed by atoms with Gasteiger partial charge in [0, 0.05) is 41.1 Å². The Morgan fingerprint density at radius 1 is 1.04 bits per heavy atom. The first-order valence-electron chi connectivity index (χ1n) is 8.85. The molecule has 4 heterocycles. The van der Waals surface area contributed by atoms with Crippen molar-refractivity contribution < 1.29 is 4.79 Å². The van der Waals surface area contributed by atoms with E-state index < -0.39 is 0 Å². The molecule has 0 unspecified atom stereocenters. The van der Waals surface area contributed by atoms with E-state index in [9.17, 15) is 4.79 Å². The van der Waals surface area contributed by atoms with Crippen LogP contribution in [0.15, 0.2) is 48.1 Å². The predicted molar refractivity (Wildman–Crippen MR) is 112 cm³/mol. The molecule has 0 saturated heterocycles. The number of carbonyl (C=O) groups is 1. The van der Waals surface area contributed by atoms with Gasteiger partial charge in [0.25, 0.3) is 0 Å². The van der Waals surface area contributed by atoms with Crippen molar-refractivity contribution in [2.45, 2.75) is 26.7 Å². The quantitative estimate of drug-likeness (QED) is 0.435. The maximum absolute atomic E-state index is 12.4. The Balaban J connectivity index is 1.43. The molecule has 0 radical (unpaired) electrons. The number of ketones is 1. The van der Waals surface area contributed by atoms with Crippen LogP contribution in [0.25, 0.3) is 10.6 Å². The summed E-state index contributed by atoms with van der Waals surface area (Å²) in [4.78, 5) is 31.4. The lowest BCUT2D eigenvalue weighted by molar-refractivity contribution is 0.0991. The van der Waals surface area contributed by atoms with Crippen molar-refractivity contribution in [3.63, 3.8) is 0 Å². The third-order valence-electron chi connectivity index (χ3n) is 4.23. The third-order valence-corrected chi connectivity index (χ3v) is 6.18. The van der Waals surface area contributed by atoms with Crippen LogP contribution in [-0.4, -0.2) is 25.7 Å². The molecule has 0 aliphatic rings. The van der Waals surface area contributed by atoms with Gasteiger partial charge in [-0.15, -0.1) is 22.7 Å². The lowest BCUT2D eigenvalue weighted by Gasteiger charge is -2.02. The van der Waals surface area contributed by atoms with Crippen molar-refractivity contribution >= 4 is 28.5 Å². The van der Waals surface area contributed by atoms with Crippen molar-refractivity contribution in [1.29, 1.82) is 0 Å². The number of Topliss-reactive ketones (excluding diaryl/α,β-unsaturated/α-hetero) is 1. The lowest BCUT2D eigenvalue weighted by atomic mass is 10.1. The van der Waals surface area contributed by atoms with Gasteiger partial charge in [-0.05, 0) is 38.1 Å². The molecule has 0 spiro atoms. The van der Waals surface area contributed by atoms with Gasteiger partial charge in [-0.3, -0.25) is 14.8 Å². The van der Waals surface area contributed by atoms with Crippen LogP contribution in [0.2, 0.25) is 0 Å². The number of nitrogens with zero attached hydrogens (tertiary/aromatic N) is 4. The minimum absolute atomic E-state index is 0.0188. The van der Waals surface area contributed by atoms with Gasteiger partial charge in [-0.1, -0.05) is 6.07 Å². The third kappa shape index (κ3) is 4.21. The summed E-state index contributed by atoms with van der Waals surface area (Å²) in [5.41, 5.74) is 4.26. The molecule has 0 N–H and O–H groups in total. The maximum atomic E-state index is 12.4. The van der Waals surface area contributed by atoms with Crippen LogP contribution in [0, 0.1) is 13.8 Å². The molecule has 0 amide bonds. The standard InChI is InChI=1S/C21H18N4OS2/c1-13-21(28-14(2)24-13)18-12-27-20(25-18)10-17-7-6-15(11-23-17)19(26)9-16-5-3-4-8-22-16/h3-8,11-12H,9-10H2,1-2H3. The number of rotatable bonds is 6. The minimum Gasteiger partial charge on any atom is -0.294 e. The van der Waals surface area contributed by atoms with E-state index in [1.807, 2.05) is 44.2 Å². The first-order chi connectivity index (χ1) is 13.6. The second-order valence-corrected chi connectivity index (χ2v) is 8.56. The van der Waals surface area contributed by atoms with Gasteiger partial charge in [0.05, 0.1) is 32.7 Å². The van der Waals surface area contributed by atoms with Crippen molar-refractivity contribution in [2.75, 3.05) is 0 Å². The molecule has 4 aromatic rings. The van der Waals surface area contributed by atoms with Gasteiger partial charge in [-0.25, -0.2) is 9.97 Å². The number of aromatic nitrogens is 4. The van der Waals surface area contributed by atoms with Gasteiger partial charge in [-0.2, -0.15) is 0 Å². The predicted octanol–water partition coefficient (Wildman–Crippen LogP) is 4.69. The Morgan fingerprint density at radius 3 is 2.61 bits per heavy atom. The van der Waals surface area contributed by atoms with Crippen LogP contribution < -0.4 is 0 Å². The Morgan fingerprint density at radius 2 is 1.93 bits per heavy atom. The van der Waals surface area contributed by atoms with Crippen LogP contribution in [0.4, 0.5) is 0 Å². The van der Waals surface area contributed by atoms with Crippen molar-refractivity contribution in [3.8, 4) is 10.6 Å². The minimum atomic E-state index is 0.0188. The van der Waals surface area contributed by atoms with E-state index in [2.05, 4.69) is 20.3 Å². The van der Waals surface area contributed by atoms with Gasteiger partial charge in [0.2, 0.25) is 0 Å². The monoisotopic (exact) mass is 406 g/mol. The van der Waals surface area contributed by atoms with E-state index in [0.29, 0.717) is 12.0 Å². The summed E-state index contributed by atoms with van der Waals surface area (Å²) in [7, 11) is 0. The number of thiazole rings is 2. The Labute approximate surface area is 171 Å². The largest absolute Gasteiger partial charge is 0.294 e.